The van der Waals surface area contributed by atoms with E-state index >= 15 is 0 Å². The van der Waals surface area contributed by atoms with Crippen LogP contribution in [0.3, 0.4) is 0 Å². The van der Waals surface area contributed by atoms with Crippen LogP contribution in [-0.2, 0) is 6.54 Å². The van der Waals surface area contributed by atoms with Crippen molar-refractivity contribution in [3.8, 4) is 0 Å². The highest BCUT2D eigenvalue weighted by atomic mass is 79.9. The first-order valence-electron chi connectivity index (χ1n) is 6.31. The molecule has 1 aliphatic carbocycles. The van der Waals surface area contributed by atoms with Crippen LogP contribution in [0.15, 0.2) is 22.7 Å². The van der Waals surface area contributed by atoms with Crippen LogP contribution in [0, 0.1) is 17.7 Å². The summed E-state index contributed by atoms with van der Waals surface area (Å²) in [5.74, 6) is 1.46. The zero-order chi connectivity index (χ0) is 12.3. The Labute approximate surface area is 111 Å². The van der Waals surface area contributed by atoms with Gasteiger partial charge in [0.15, 0.2) is 0 Å². The molecule has 17 heavy (non-hydrogen) atoms. The minimum atomic E-state index is -0.167. The molecule has 0 aliphatic heterocycles. The predicted molar refractivity (Wildman–Crippen MR) is 72.3 cm³/mol. The van der Waals surface area contributed by atoms with Gasteiger partial charge < -0.3 is 5.32 Å². The zero-order valence-electron chi connectivity index (χ0n) is 10.2. The number of hydrogen-bond acceptors (Lipinski definition) is 1. The van der Waals surface area contributed by atoms with Gasteiger partial charge in [-0.05, 0) is 48.6 Å². The van der Waals surface area contributed by atoms with Gasteiger partial charge in [0, 0.05) is 11.0 Å². The molecular weight excluding hydrogens is 281 g/mol. The van der Waals surface area contributed by atoms with Gasteiger partial charge in [-0.1, -0.05) is 35.7 Å². The van der Waals surface area contributed by atoms with Gasteiger partial charge >= 0.3 is 0 Å². The van der Waals surface area contributed by atoms with E-state index in [0.717, 1.165) is 35.0 Å². The fourth-order valence-corrected chi connectivity index (χ4v) is 2.98. The number of rotatable bonds is 4. The van der Waals surface area contributed by atoms with Crippen molar-refractivity contribution in [2.45, 2.75) is 32.7 Å². The Balaban J connectivity index is 1.83. The molecule has 1 aromatic carbocycles. The lowest BCUT2D eigenvalue weighted by Gasteiger charge is -2.16. The number of nitrogens with one attached hydrogen (secondary N) is 1. The Morgan fingerprint density at radius 3 is 2.94 bits per heavy atom. The summed E-state index contributed by atoms with van der Waals surface area (Å²) in [7, 11) is 0. The fourth-order valence-electron chi connectivity index (χ4n) is 2.60. The molecule has 0 spiro atoms. The molecule has 0 aromatic heterocycles. The summed E-state index contributed by atoms with van der Waals surface area (Å²) < 4.78 is 14.1. The fraction of sp³-hybridized carbons (Fsp3) is 0.571. The first kappa shape index (κ1) is 13.0. The van der Waals surface area contributed by atoms with E-state index in [1.807, 2.05) is 0 Å². The molecule has 3 heteroatoms. The SMILES string of the molecule is CC1CCCC1CNCc1cc(F)ccc1Br. The monoisotopic (exact) mass is 299 g/mol. The van der Waals surface area contributed by atoms with E-state index < -0.39 is 0 Å². The standard InChI is InChI=1S/C14H19BrFN/c1-10-3-2-4-11(10)8-17-9-12-7-13(16)5-6-14(12)15/h5-7,10-11,17H,2-4,8-9H2,1H3. The molecule has 1 aromatic rings. The van der Waals surface area contributed by atoms with E-state index in [9.17, 15) is 4.39 Å². The molecule has 1 saturated carbocycles. The van der Waals surface area contributed by atoms with Gasteiger partial charge in [0.1, 0.15) is 5.82 Å². The maximum absolute atomic E-state index is 13.1. The lowest BCUT2D eigenvalue weighted by molar-refractivity contribution is 0.392. The molecule has 0 radical (unpaired) electrons. The van der Waals surface area contributed by atoms with Gasteiger partial charge in [-0.3, -0.25) is 0 Å². The predicted octanol–water partition coefficient (Wildman–Crippen LogP) is 4.11. The average Bonchev–Trinajstić information content (AvgIpc) is 2.70. The van der Waals surface area contributed by atoms with Crippen molar-refractivity contribution in [3.05, 3.63) is 34.1 Å². The highest BCUT2D eigenvalue weighted by molar-refractivity contribution is 9.10. The summed E-state index contributed by atoms with van der Waals surface area (Å²) in [6.07, 6.45) is 4.05. The molecule has 0 bridgehead atoms. The van der Waals surface area contributed by atoms with Gasteiger partial charge in [-0.2, -0.15) is 0 Å². The second-order valence-corrected chi connectivity index (χ2v) is 5.89. The van der Waals surface area contributed by atoms with Crippen LogP contribution >= 0.6 is 15.9 Å². The highest BCUT2D eigenvalue weighted by Gasteiger charge is 2.22. The minimum Gasteiger partial charge on any atom is -0.312 e. The van der Waals surface area contributed by atoms with Crippen LogP contribution in [0.1, 0.15) is 31.7 Å². The van der Waals surface area contributed by atoms with Crippen LogP contribution in [0.5, 0.6) is 0 Å². The lowest BCUT2D eigenvalue weighted by Crippen LogP contribution is -2.24. The van der Waals surface area contributed by atoms with Crippen LogP contribution in [0.4, 0.5) is 4.39 Å². The van der Waals surface area contributed by atoms with E-state index in [-0.39, 0.29) is 5.82 Å². The number of benzene rings is 1. The summed E-state index contributed by atoms with van der Waals surface area (Å²) in [5, 5.41) is 3.45. The molecule has 2 unspecified atom stereocenters. The van der Waals surface area contributed by atoms with Crippen molar-refractivity contribution in [2.75, 3.05) is 6.54 Å². The molecule has 1 aliphatic rings. The Kier molecular flexibility index (Phi) is 4.57. The molecule has 1 nitrogen and oxygen atoms in total. The molecule has 2 atom stereocenters. The van der Waals surface area contributed by atoms with Crippen molar-refractivity contribution >= 4 is 15.9 Å². The summed E-state index contributed by atoms with van der Waals surface area (Å²) >= 11 is 3.45. The Morgan fingerprint density at radius 2 is 2.24 bits per heavy atom. The zero-order valence-corrected chi connectivity index (χ0v) is 11.8. The van der Waals surface area contributed by atoms with E-state index in [0.29, 0.717) is 0 Å². The number of halogens is 2. The minimum absolute atomic E-state index is 0.167. The maximum atomic E-state index is 13.1. The Bertz CT molecular complexity index is 380. The smallest absolute Gasteiger partial charge is 0.123 e. The van der Waals surface area contributed by atoms with Gasteiger partial charge in [-0.25, -0.2) is 4.39 Å². The molecule has 0 heterocycles. The van der Waals surface area contributed by atoms with Crippen LogP contribution in [0.2, 0.25) is 0 Å². The van der Waals surface area contributed by atoms with Crippen molar-refractivity contribution in [1.82, 2.24) is 5.32 Å². The van der Waals surface area contributed by atoms with Crippen molar-refractivity contribution in [2.24, 2.45) is 11.8 Å². The molecule has 1 fully saturated rings. The Hall–Kier alpha value is -0.410. The van der Waals surface area contributed by atoms with E-state index in [1.54, 1.807) is 12.1 Å². The van der Waals surface area contributed by atoms with Gasteiger partial charge in [0.05, 0.1) is 0 Å². The molecule has 2 rings (SSSR count). The lowest BCUT2D eigenvalue weighted by atomic mass is 9.98. The quantitative estimate of drug-likeness (QED) is 0.882. The third-order valence-corrected chi connectivity index (χ3v) is 4.54. The molecule has 0 saturated heterocycles. The Morgan fingerprint density at radius 1 is 1.41 bits per heavy atom. The van der Waals surface area contributed by atoms with Crippen molar-refractivity contribution in [3.63, 3.8) is 0 Å². The summed E-state index contributed by atoms with van der Waals surface area (Å²) in [6.45, 7) is 4.11. The highest BCUT2D eigenvalue weighted by Crippen LogP contribution is 2.30. The summed E-state index contributed by atoms with van der Waals surface area (Å²) in [4.78, 5) is 0. The van der Waals surface area contributed by atoms with Gasteiger partial charge in [0.2, 0.25) is 0 Å². The average molecular weight is 300 g/mol. The second-order valence-electron chi connectivity index (χ2n) is 5.03. The van der Waals surface area contributed by atoms with Gasteiger partial charge in [-0.15, -0.1) is 0 Å². The second kappa shape index (κ2) is 5.96. The molecular formula is C14H19BrFN. The largest absolute Gasteiger partial charge is 0.312 e. The van der Waals surface area contributed by atoms with Crippen LogP contribution in [0.25, 0.3) is 0 Å². The van der Waals surface area contributed by atoms with Crippen LogP contribution in [-0.4, -0.2) is 6.54 Å². The van der Waals surface area contributed by atoms with Crippen molar-refractivity contribution in [1.29, 1.82) is 0 Å². The van der Waals surface area contributed by atoms with E-state index in [4.69, 9.17) is 0 Å². The maximum Gasteiger partial charge on any atom is 0.123 e. The molecule has 0 amide bonds. The molecule has 94 valence electrons. The van der Waals surface area contributed by atoms with E-state index in [1.165, 1.54) is 25.3 Å². The first-order chi connectivity index (χ1) is 8.16. The first-order valence-corrected chi connectivity index (χ1v) is 7.11. The normalized spacial score (nSPS) is 24.2. The third-order valence-electron chi connectivity index (χ3n) is 3.77. The summed E-state index contributed by atoms with van der Waals surface area (Å²) in [6, 6.07) is 4.84. The topological polar surface area (TPSA) is 12.0 Å². The van der Waals surface area contributed by atoms with E-state index in [2.05, 4.69) is 28.2 Å². The van der Waals surface area contributed by atoms with Crippen molar-refractivity contribution < 1.29 is 4.39 Å². The molecule has 1 N–H and O–H groups in total. The van der Waals surface area contributed by atoms with Gasteiger partial charge in [0.25, 0.3) is 0 Å². The summed E-state index contributed by atoms with van der Waals surface area (Å²) in [5.41, 5.74) is 0.996. The van der Waals surface area contributed by atoms with Crippen LogP contribution < -0.4 is 5.32 Å². The number of hydrogen-bond donors (Lipinski definition) is 1. The third kappa shape index (κ3) is 3.52.